The average Bonchev–Trinajstić information content (AvgIpc) is 2.57. The number of hydrogen-bond acceptors (Lipinski definition) is 4. The first-order valence-corrected chi connectivity index (χ1v) is 9.08. The third-order valence-electron chi connectivity index (χ3n) is 4.23. The van der Waals surface area contributed by atoms with E-state index in [-0.39, 0.29) is 16.7 Å². The molecular formula is C18H21N3O2S. The zero-order chi connectivity index (χ0) is 17.1. The summed E-state index contributed by atoms with van der Waals surface area (Å²) in [6.45, 7) is 3.77. The fraction of sp³-hybridized carbons (Fsp3) is 0.389. The molecule has 1 amide bonds. The van der Waals surface area contributed by atoms with Gasteiger partial charge in [0.25, 0.3) is 5.56 Å². The highest BCUT2D eigenvalue weighted by molar-refractivity contribution is 8.00. The zero-order valence-corrected chi connectivity index (χ0v) is 14.7. The van der Waals surface area contributed by atoms with Crippen molar-refractivity contribution in [2.75, 3.05) is 5.32 Å². The first-order chi connectivity index (χ1) is 11.5. The number of aromatic amines is 1. The maximum atomic E-state index is 12.4. The number of rotatable bonds is 4. The number of aromatic nitrogens is 2. The largest absolute Gasteiger partial charge is 0.325 e. The van der Waals surface area contributed by atoms with Crippen LogP contribution in [0.2, 0.25) is 0 Å². The third-order valence-corrected chi connectivity index (χ3v) is 5.21. The highest BCUT2D eigenvalue weighted by Gasteiger charge is 2.20. The van der Waals surface area contributed by atoms with Crippen LogP contribution in [0.4, 0.5) is 5.69 Å². The van der Waals surface area contributed by atoms with Crippen molar-refractivity contribution < 1.29 is 4.79 Å². The predicted molar refractivity (Wildman–Crippen MR) is 96.6 cm³/mol. The van der Waals surface area contributed by atoms with E-state index in [9.17, 15) is 9.59 Å². The standard InChI is InChI=1S/C18H21N3O2S/c1-11-7-3-5-9-14(11)19-16(22)12(2)24-18-20-15-10-6-4-8-13(15)17(23)21-18/h3,5,7,9,12H,4,6,8,10H2,1-2H3,(H,19,22)(H,20,21,23)/t12-/m1/s1. The maximum Gasteiger partial charge on any atom is 0.254 e. The molecule has 1 aliphatic carbocycles. The highest BCUT2D eigenvalue weighted by Crippen LogP contribution is 2.23. The van der Waals surface area contributed by atoms with E-state index in [1.54, 1.807) is 0 Å². The molecule has 0 radical (unpaired) electrons. The summed E-state index contributed by atoms with van der Waals surface area (Å²) in [7, 11) is 0. The Labute approximate surface area is 145 Å². The number of fused-ring (bicyclic) bond motifs is 1. The molecule has 1 atom stereocenters. The van der Waals surface area contributed by atoms with Crippen molar-refractivity contribution in [1.82, 2.24) is 9.97 Å². The van der Waals surface area contributed by atoms with E-state index >= 15 is 0 Å². The number of nitrogens with one attached hydrogen (secondary N) is 2. The fourth-order valence-corrected chi connectivity index (χ4v) is 3.62. The Morgan fingerprint density at radius 2 is 2.04 bits per heavy atom. The first kappa shape index (κ1) is 16.8. The smallest absolute Gasteiger partial charge is 0.254 e. The van der Waals surface area contributed by atoms with Crippen molar-refractivity contribution in [1.29, 1.82) is 0 Å². The molecule has 0 spiro atoms. The summed E-state index contributed by atoms with van der Waals surface area (Å²) in [5.74, 6) is -0.102. The molecule has 126 valence electrons. The van der Waals surface area contributed by atoms with Crippen molar-refractivity contribution >= 4 is 23.4 Å². The van der Waals surface area contributed by atoms with Gasteiger partial charge in [0, 0.05) is 11.3 Å². The molecular weight excluding hydrogens is 322 g/mol. The minimum absolute atomic E-state index is 0.0614. The number of anilines is 1. The first-order valence-electron chi connectivity index (χ1n) is 8.20. The molecule has 1 heterocycles. The van der Waals surface area contributed by atoms with Gasteiger partial charge >= 0.3 is 0 Å². The van der Waals surface area contributed by atoms with Crippen molar-refractivity contribution in [2.24, 2.45) is 0 Å². The van der Waals surface area contributed by atoms with Gasteiger partial charge in [-0.2, -0.15) is 0 Å². The molecule has 1 aliphatic rings. The molecule has 0 bridgehead atoms. The summed E-state index contributed by atoms with van der Waals surface area (Å²) >= 11 is 1.29. The fourth-order valence-electron chi connectivity index (χ4n) is 2.80. The van der Waals surface area contributed by atoms with Gasteiger partial charge in [-0.1, -0.05) is 30.0 Å². The van der Waals surface area contributed by atoms with Gasteiger partial charge in [0.2, 0.25) is 5.91 Å². The molecule has 5 nitrogen and oxygen atoms in total. The van der Waals surface area contributed by atoms with Crippen LogP contribution >= 0.6 is 11.8 Å². The second kappa shape index (κ2) is 7.21. The van der Waals surface area contributed by atoms with Crippen LogP contribution in [0, 0.1) is 6.92 Å². The van der Waals surface area contributed by atoms with E-state index in [0.717, 1.165) is 48.2 Å². The number of aryl methyl sites for hydroxylation is 2. The van der Waals surface area contributed by atoms with E-state index in [0.29, 0.717) is 5.16 Å². The van der Waals surface area contributed by atoms with E-state index < -0.39 is 0 Å². The van der Waals surface area contributed by atoms with Crippen LogP contribution in [-0.4, -0.2) is 21.1 Å². The van der Waals surface area contributed by atoms with Gasteiger partial charge in [0.15, 0.2) is 5.16 Å². The Bertz CT molecular complexity index is 816. The number of para-hydroxylation sites is 1. The lowest BCUT2D eigenvalue weighted by Gasteiger charge is -2.16. The van der Waals surface area contributed by atoms with Crippen LogP contribution in [0.5, 0.6) is 0 Å². The quantitative estimate of drug-likeness (QED) is 0.661. The normalized spacial score (nSPS) is 14.8. The monoisotopic (exact) mass is 343 g/mol. The predicted octanol–water partition coefficient (Wildman–Crippen LogP) is 3.08. The Kier molecular flexibility index (Phi) is 5.04. The van der Waals surface area contributed by atoms with Crippen LogP contribution in [0.15, 0.2) is 34.2 Å². The number of hydrogen-bond donors (Lipinski definition) is 2. The number of carbonyl (C=O) groups is 1. The Morgan fingerprint density at radius 1 is 1.29 bits per heavy atom. The van der Waals surface area contributed by atoms with Gasteiger partial charge in [-0.25, -0.2) is 4.98 Å². The van der Waals surface area contributed by atoms with Crippen molar-refractivity contribution in [2.45, 2.75) is 49.9 Å². The number of thioether (sulfide) groups is 1. The van der Waals surface area contributed by atoms with E-state index in [2.05, 4.69) is 15.3 Å². The van der Waals surface area contributed by atoms with Gasteiger partial charge in [0.1, 0.15) is 0 Å². The van der Waals surface area contributed by atoms with Gasteiger partial charge in [0.05, 0.1) is 10.9 Å². The lowest BCUT2D eigenvalue weighted by molar-refractivity contribution is -0.115. The number of nitrogens with zero attached hydrogens (tertiary/aromatic N) is 1. The van der Waals surface area contributed by atoms with Crippen molar-refractivity contribution in [3.8, 4) is 0 Å². The highest BCUT2D eigenvalue weighted by atomic mass is 32.2. The molecule has 6 heteroatoms. The van der Waals surface area contributed by atoms with Gasteiger partial charge in [-0.05, 0) is 51.2 Å². The molecule has 0 aliphatic heterocycles. The molecule has 0 saturated heterocycles. The lowest BCUT2D eigenvalue weighted by atomic mass is 9.97. The maximum absolute atomic E-state index is 12.4. The van der Waals surface area contributed by atoms with Gasteiger partial charge in [-0.3, -0.25) is 9.59 Å². The second-order valence-corrected chi connectivity index (χ2v) is 7.40. The zero-order valence-electron chi connectivity index (χ0n) is 13.9. The van der Waals surface area contributed by atoms with Gasteiger partial charge in [-0.15, -0.1) is 0 Å². The molecule has 2 N–H and O–H groups in total. The molecule has 0 saturated carbocycles. The number of amides is 1. The summed E-state index contributed by atoms with van der Waals surface area (Å²) < 4.78 is 0. The molecule has 0 unspecified atom stereocenters. The van der Waals surface area contributed by atoms with Crippen molar-refractivity contribution in [3.63, 3.8) is 0 Å². The minimum Gasteiger partial charge on any atom is -0.325 e. The number of benzene rings is 1. The second-order valence-electron chi connectivity index (χ2n) is 6.07. The summed E-state index contributed by atoms with van der Waals surface area (Å²) in [5.41, 5.74) is 3.46. The van der Waals surface area contributed by atoms with Gasteiger partial charge < -0.3 is 10.3 Å². The Hall–Kier alpha value is -2.08. The lowest BCUT2D eigenvalue weighted by Crippen LogP contribution is -2.25. The van der Waals surface area contributed by atoms with E-state index in [1.807, 2.05) is 38.1 Å². The Balaban J connectivity index is 1.71. The number of carbonyl (C=O) groups excluding carboxylic acids is 1. The van der Waals surface area contributed by atoms with Crippen LogP contribution < -0.4 is 10.9 Å². The summed E-state index contributed by atoms with van der Waals surface area (Å²) in [5, 5.41) is 3.10. The molecule has 2 aromatic rings. The SMILES string of the molecule is Cc1ccccc1NC(=O)[C@@H](C)Sc1nc2c(c(=O)[nH]1)CCCC2. The van der Waals surface area contributed by atoms with Crippen LogP contribution in [0.25, 0.3) is 0 Å². The summed E-state index contributed by atoms with van der Waals surface area (Å²) in [4.78, 5) is 31.9. The molecule has 0 fully saturated rings. The molecule has 24 heavy (non-hydrogen) atoms. The third kappa shape index (κ3) is 3.70. The summed E-state index contributed by atoms with van der Waals surface area (Å²) in [6, 6.07) is 7.66. The van der Waals surface area contributed by atoms with Crippen molar-refractivity contribution in [3.05, 3.63) is 51.4 Å². The summed E-state index contributed by atoms with van der Waals surface area (Å²) in [6.07, 6.45) is 3.75. The minimum atomic E-state index is -0.352. The Morgan fingerprint density at radius 3 is 2.83 bits per heavy atom. The van der Waals surface area contributed by atoms with E-state index in [1.165, 1.54) is 11.8 Å². The molecule has 3 rings (SSSR count). The number of H-pyrrole nitrogens is 1. The molecule has 1 aromatic carbocycles. The van der Waals surface area contributed by atoms with E-state index in [4.69, 9.17) is 0 Å². The van der Waals surface area contributed by atoms with Crippen LogP contribution in [-0.2, 0) is 17.6 Å². The average molecular weight is 343 g/mol. The topological polar surface area (TPSA) is 74.8 Å². The van der Waals surface area contributed by atoms with Crippen LogP contribution in [0.1, 0.15) is 36.6 Å². The molecule has 1 aromatic heterocycles. The van der Waals surface area contributed by atoms with Crippen LogP contribution in [0.3, 0.4) is 0 Å².